The third kappa shape index (κ3) is 5.15. The van der Waals surface area contributed by atoms with E-state index in [1.807, 2.05) is 72.8 Å². The van der Waals surface area contributed by atoms with Crippen molar-refractivity contribution >= 4 is 66.5 Å². The van der Waals surface area contributed by atoms with Gasteiger partial charge in [-0.1, -0.05) is 115 Å². The first-order valence-electron chi connectivity index (χ1n) is 19.2. The number of nitrogens with zero attached hydrogens (tertiary/aromatic N) is 3. The molecule has 4 aromatic heterocycles. The van der Waals surface area contributed by atoms with Gasteiger partial charge < -0.3 is 13.3 Å². The van der Waals surface area contributed by atoms with Crippen LogP contribution in [0, 0.1) is 0 Å². The van der Waals surface area contributed by atoms with Crippen molar-refractivity contribution in [3.05, 3.63) is 174 Å². The maximum absolute atomic E-state index is 6.93. The van der Waals surface area contributed by atoms with Crippen LogP contribution >= 0.6 is 0 Å². The van der Waals surface area contributed by atoms with Crippen molar-refractivity contribution in [1.29, 1.82) is 0 Å². The molecule has 11 aromatic rings. The lowest BCUT2D eigenvalue weighted by Gasteiger charge is -2.12. The Hall–Kier alpha value is -7.57. The van der Waals surface area contributed by atoms with Crippen molar-refractivity contribution < 1.29 is 13.3 Å². The first-order chi connectivity index (χ1) is 28.2. The van der Waals surface area contributed by atoms with Gasteiger partial charge in [-0.3, -0.25) is 0 Å². The van der Waals surface area contributed by atoms with Gasteiger partial charge in [0, 0.05) is 54.4 Å². The molecule has 0 aliphatic heterocycles. The van der Waals surface area contributed by atoms with E-state index in [2.05, 4.69) is 91.0 Å². The van der Waals surface area contributed by atoms with Gasteiger partial charge in [0.15, 0.2) is 17.5 Å². The summed E-state index contributed by atoms with van der Waals surface area (Å²) in [6.45, 7) is 0. The summed E-state index contributed by atoms with van der Waals surface area (Å²) in [7, 11) is 0. The minimum Gasteiger partial charge on any atom is -0.456 e. The molecule has 0 bridgehead atoms. The van der Waals surface area contributed by atoms with E-state index in [1.165, 1.54) is 5.57 Å². The van der Waals surface area contributed by atoms with Gasteiger partial charge in [-0.2, -0.15) is 0 Å². The van der Waals surface area contributed by atoms with E-state index in [9.17, 15) is 0 Å². The molecular formula is C51H31N3O3. The predicted molar refractivity (Wildman–Crippen MR) is 228 cm³/mol. The Balaban J connectivity index is 1.05. The van der Waals surface area contributed by atoms with Crippen molar-refractivity contribution in [2.24, 2.45) is 0 Å². The molecule has 268 valence electrons. The second-order valence-corrected chi connectivity index (χ2v) is 14.6. The Morgan fingerprint density at radius 2 is 0.930 bits per heavy atom. The fourth-order valence-corrected chi connectivity index (χ4v) is 8.52. The van der Waals surface area contributed by atoms with Gasteiger partial charge in [0.25, 0.3) is 0 Å². The summed E-state index contributed by atoms with van der Waals surface area (Å²) in [6.07, 6.45) is 4.05. The maximum Gasteiger partial charge on any atom is 0.164 e. The smallest absolute Gasteiger partial charge is 0.164 e. The standard InChI is InChI=1S/C51H31N3O3/c1-3-12-30(13-4-1)34-26-41(47-40-17-8-10-21-43(40)56-46(47)29-34)39-19-11-18-38-37-25-23-33(28-45(37)57-48(38)39)51-53-49(31-14-5-2-6-15-31)52-50(54-51)32-22-24-36-35-16-7-9-20-42(35)55-44(36)27-32/h1-10,12-18,20-29H,11,19H2. The highest BCUT2D eigenvalue weighted by molar-refractivity contribution is 6.11. The normalized spacial score (nSPS) is 12.9. The number of hydrogen-bond donors (Lipinski definition) is 0. The van der Waals surface area contributed by atoms with E-state index in [1.54, 1.807) is 0 Å². The average molecular weight is 734 g/mol. The zero-order valence-electron chi connectivity index (χ0n) is 30.6. The van der Waals surface area contributed by atoms with Crippen molar-refractivity contribution in [1.82, 2.24) is 15.0 Å². The highest BCUT2D eigenvalue weighted by Gasteiger charge is 2.22. The molecule has 1 aliphatic carbocycles. The summed E-state index contributed by atoms with van der Waals surface area (Å²) < 4.78 is 19.7. The number of benzene rings is 7. The lowest BCUT2D eigenvalue weighted by atomic mass is 9.90. The number of aromatic nitrogens is 3. The minimum atomic E-state index is 0.565. The number of para-hydroxylation sites is 2. The van der Waals surface area contributed by atoms with Crippen LogP contribution in [0.4, 0.5) is 0 Å². The van der Waals surface area contributed by atoms with Crippen LogP contribution in [0.5, 0.6) is 0 Å². The summed E-state index contributed by atoms with van der Waals surface area (Å²) in [6, 6.07) is 53.9. The monoisotopic (exact) mass is 733 g/mol. The van der Waals surface area contributed by atoms with Crippen molar-refractivity contribution in [2.45, 2.75) is 12.8 Å². The fourth-order valence-electron chi connectivity index (χ4n) is 8.52. The van der Waals surface area contributed by atoms with Crippen LogP contribution in [0.2, 0.25) is 0 Å². The van der Waals surface area contributed by atoms with Gasteiger partial charge in [-0.05, 0) is 78.1 Å². The summed E-state index contributed by atoms with van der Waals surface area (Å²) in [5, 5.41) is 6.53. The largest absolute Gasteiger partial charge is 0.456 e. The first kappa shape index (κ1) is 31.7. The van der Waals surface area contributed by atoms with Gasteiger partial charge in [-0.25, -0.2) is 15.0 Å². The molecule has 0 fully saturated rings. The van der Waals surface area contributed by atoms with Crippen molar-refractivity contribution in [3.8, 4) is 45.3 Å². The van der Waals surface area contributed by atoms with E-state index in [-0.39, 0.29) is 0 Å². The van der Waals surface area contributed by atoms with Crippen LogP contribution in [0.3, 0.4) is 0 Å². The molecule has 0 amide bonds. The number of rotatable bonds is 5. The second-order valence-electron chi connectivity index (χ2n) is 14.6. The highest BCUT2D eigenvalue weighted by atomic mass is 16.3. The molecule has 6 nitrogen and oxygen atoms in total. The van der Waals surface area contributed by atoms with Gasteiger partial charge in [0.05, 0.1) is 0 Å². The summed E-state index contributed by atoms with van der Waals surface area (Å²) >= 11 is 0. The zero-order chi connectivity index (χ0) is 37.5. The number of furan rings is 3. The Kier molecular flexibility index (Phi) is 6.95. The highest BCUT2D eigenvalue weighted by Crippen LogP contribution is 2.39. The summed E-state index contributed by atoms with van der Waals surface area (Å²) in [5.74, 6) is 1.73. The van der Waals surface area contributed by atoms with E-state index in [4.69, 9.17) is 28.2 Å². The molecule has 0 N–H and O–H groups in total. The molecule has 6 heteroatoms. The third-order valence-electron chi connectivity index (χ3n) is 11.2. The maximum atomic E-state index is 6.93. The van der Waals surface area contributed by atoms with Crippen molar-refractivity contribution in [3.63, 3.8) is 0 Å². The molecule has 0 unspecified atom stereocenters. The topological polar surface area (TPSA) is 78.1 Å². The lowest BCUT2D eigenvalue weighted by molar-refractivity contribution is 0.568. The van der Waals surface area contributed by atoms with Gasteiger partial charge in [0.1, 0.15) is 33.3 Å². The Bertz CT molecular complexity index is 3520. The summed E-state index contributed by atoms with van der Waals surface area (Å²) in [4.78, 5) is 15.1. The van der Waals surface area contributed by atoms with E-state index in [0.717, 1.165) is 112 Å². The molecule has 0 saturated carbocycles. The van der Waals surface area contributed by atoms with Crippen LogP contribution in [-0.4, -0.2) is 15.0 Å². The van der Waals surface area contributed by atoms with E-state index in [0.29, 0.717) is 17.5 Å². The van der Waals surface area contributed by atoms with Crippen LogP contribution in [-0.2, 0) is 0 Å². The molecule has 0 saturated heterocycles. The average Bonchev–Trinajstić information content (AvgIpc) is 3.97. The number of hydrogen-bond acceptors (Lipinski definition) is 6. The Labute approximate surface area is 325 Å². The van der Waals surface area contributed by atoms with Crippen LogP contribution in [0.1, 0.15) is 18.4 Å². The molecule has 1 aliphatic rings. The molecule has 0 atom stereocenters. The first-order valence-corrected chi connectivity index (χ1v) is 19.2. The third-order valence-corrected chi connectivity index (χ3v) is 11.2. The molecular weight excluding hydrogens is 703 g/mol. The van der Waals surface area contributed by atoms with Gasteiger partial charge in [0.2, 0.25) is 0 Å². The molecule has 4 heterocycles. The van der Waals surface area contributed by atoms with Gasteiger partial charge >= 0.3 is 0 Å². The van der Waals surface area contributed by atoms with E-state index < -0.39 is 0 Å². The Morgan fingerprint density at radius 3 is 1.67 bits per heavy atom. The Morgan fingerprint density at radius 1 is 0.386 bits per heavy atom. The SMILES string of the molecule is C1=c2c(oc3cc(-c4nc(-c5ccccc5)nc(-c5ccc6c(c5)oc5ccccc56)n4)ccc23)=C(c2cc(-c3ccccc3)cc3oc4ccccc4c23)CC1. The van der Waals surface area contributed by atoms with Crippen LogP contribution < -0.4 is 10.6 Å². The predicted octanol–water partition coefficient (Wildman–Crippen LogP) is 11.9. The quantitative estimate of drug-likeness (QED) is 0.175. The summed E-state index contributed by atoms with van der Waals surface area (Å²) in [5.41, 5.74) is 12.2. The molecule has 57 heavy (non-hydrogen) atoms. The lowest BCUT2D eigenvalue weighted by Crippen LogP contribution is -2.26. The fraction of sp³-hybridized carbons (Fsp3) is 0.0392. The number of fused-ring (bicyclic) bond motifs is 9. The molecule has 0 spiro atoms. The van der Waals surface area contributed by atoms with Crippen LogP contribution in [0.15, 0.2) is 171 Å². The molecule has 0 radical (unpaired) electrons. The van der Waals surface area contributed by atoms with E-state index >= 15 is 0 Å². The van der Waals surface area contributed by atoms with Crippen molar-refractivity contribution in [2.75, 3.05) is 0 Å². The second kappa shape index (κ2) is 12.5. The van der Waals surface area contributed by atoms with Crippen LogP contribution in [0.25, 0.3) is 112 Å². The molecule has 12 rings (SSSR count). The van der Waals surface area contributed by atoms with Gasteiger partial charge in [-0.15, -0.1) is 0 Å². The zero-order valence-corrected chi connectivity index (χ0v) is 30.6. The molecule has 7 aromatic carbocycles. The minimum absolute atomic E-state index is 0.565.